The molecule has 0 aliphatic rings. The van der Waals surface area contributed by atoms with Gasteiger partial charge in [0.1, 0.15) is 5.54 Å². The average molecular weight is 336 g/mol. The number of nitrogens with one attached hydrogen (secondary N) is 1. The lowest BCUT2D eigenvalue weighted by molar-refractivity contribution is -0.131. The molecule has 0 aromatic carbocycles. The summed E-state index contributed by atoms with van der Waals surface area (Å²) in [6, 6.07) is 0. The van der Waals surface area contributed by atoms with Crippen LogP contribution in [0.15, 0.2) is 0 Å². The van der Waals surface area contributed by atoms with Crippen LogP contribution in [0.1, 0.15) is 47.5 Å². The van der Waals surface area contributed by atoms with Crippen molar-refractivity contribution in [3.8, 4) is 0 Å². The molecule has 5 nitrogen and oxygen atoms in total. The summed E-state index contributed by atoms with van der Waals surface area (Å²) in [6.45, 7) is 8.89. The van der Waals surface area contributed by atoms with Gasteiger partial charge in [-0.1, -0.05) is 34.6 Å². The highest BCUT2D eigenvalue weighted by Crippen LogP contribution is 2.34. The van der Waals surface area contributed by atoms with Crippen molar-refractivity contribution >= 4 is 17.7 Å². The standard InChI is InChI=1S/C16H33NO4S/c1-6-7-22-15(4,5)8-13(12(2)3)14(21)17-16(9-18,10-19)11-20/h12-13,18-20H,6-11H2,1-5H3,(H,17,21). The molecule has 0 rings (SSSR count). The first-order chi connectivity index (χ1) is 10.2. The van der Waals surface area contributed by atoms with Crippen molar-refractivity contribution in [2.45, 2.75) is 57.7 Å². The molecule has 0 aliphatic carbocycles. The monoisotopic (exact) mass is 335 g/mol. The van der Waals surface area contributed by atoms with E-state index in [4.69, 9.17) is 0 Å². The van der Waals surface area contributed by atoms with Crippen LogP contribution in [0.2, 0.25) is 0 Å². The summed E-state index contributed by atoms with van der Waals surface area (Å²) in [5.74, 6) is 0.726. The fourth-order valence-corrected chi connectivity index (χ4v) is 3.27. The van der Waals surface area contributed by atoms with Crippen LogP contribution in [-0.4, -0.2) is 57.1 Å². The van der Waals surface area contributed by atoms with Gasteiger partial charge in [-0.25, -0.2) is 0 Å². The molecule has 1 amide bonds. The molecular formula is C16H33NO4S. The van der Waals surface area contributed by atoms with Crippen molar-refractivity contribution in [1.29, 1.82) is 0 Å². The van der Waals surface area contributed by atoms with Crippen molar-refractivity contribution in [2.24, 2.45) is 11.8 Å². The van der Waals surface area contributed by atoms with Crippen LogP contribution in [0.5, 0.6) is 0 Å². The maximum absolute atomic E-state index is 12.6. The first-order valence-corrected chi connectivity index (χ1v) is 8.94. The van der Waals surface area contributed by atoms with Gasteiger partial charge >= 0.3 is 0 Å². The van der Waals surface area contributed by atoms with Crippen molar-refractivity contribution in [1.82, 2.24) is 5.32 Å². The molecule has 0 aromatic rings. The zero-order chi connectivity index (χ0) is 17.4. The predicted molar refractivity (Wildman–Crippen MR) is 91.9 cm³/mol. The van der Waals surface area contributed by atoms with E-state index < -0.39 is 25.4 Å². The third-order valence-electron chi connectivity index (χ3n) is 3.85. The lowest BCUT2D eigenvalue weighted by Gasteiger charge is -2.35. The highest BCUT2D eigenvalue weighted by Gasteiger charge is 2.36. The molecule has 132 valence electrons. The second-order valence-electron chi connectivity index (χ2n) is 6.91. The van der Waals surface area contributed by atoms with E-state index in [1.54, 1.807) is 0 Å². The molecule has 0 spiro atoms. The van der Waals surface area contributed by atoms with Crippen molar-refractivity contribution < 1.29 is 20.1 Å². The molecule has 6 heteroatoms. The number of carbonyl (C=O) groups excluding carboxylic acids is 1. The summed E-state index contributed by atoms with van der Waals surface area (Å²) in [6.07, 6.45) is 1.80. The van der Waals surface area contributed by atoms with E-state index in [1.807, 2.05) is 25.6 Å². The largest absolute Gasteiger partial charge is 0.394 e. The Morgan fingerprint density at radius 1 is 1.14 bits per heavy atom. The SMILES string of the molecule is CCCSC(C)(C)CC(C(=O)NC(CO)(CO)CO)C(C)C. The van der Waals surface area contributed by atoms with Gasteiger partial charge in [-0.3, -0.25) is 4.79 Å². The Balaban J connectivity index is 4.98. The molecule has 0 aromatic heterocycles. The number of aliphatic hydroxyl groups is 3. The van der Waals surface area contributed by atoms with Crippen LogP contribution < -0.4 is 5.32 Å². The third-order valence-corrected chi connectivity index (χ3v) is 5.41. The Morgan fingerprint density at radius 3 is 2.00 bits per heavy atom. The zero-order valence-electron chi connectivity index (χ0n) is 14.6. The van der Waals surface area contributed by atoms with Crippen molar-refractivity contribution in [3.63, 3.8) is 0 Å². The molecule has 4 N–H and O–H groups in total. The van der Waals surface area contributed by atoms with E-state index in [2.05, 4.69) is 26.1 Å². The summed E-state index contributed by atoms with van der Waals surface area (Å²) in [4.78, 5) is 12.6. The molecule has 1 atom stereocenters. The normalized spacial score (nSPS) is 14.2. The van der Waals surface area contributed by atoms with E-state index in [9.17, 15) is 20.1 Å². The second-order valence-corrected chi connectivity index (χ2v) is 8.71. The Bertz CT molecular complexity index is 322. The molecule has 1 unspecified atom stereocenters. The fourth-order valence-electron chi connectivity index (χ4n) is 2.22. The summed E-state index contributed by atoms with van der Waals surface area (Å²) in [7, 11) is 0. The summed E-state index contributed by atoms with van der Waals surface area (Å²) in [5, 5.41) is 30.7. The van der Waals surface area contributed by atoms with E-state index in [0.29, 0.717) is 6.42 Å². The molecular weight excluding hydrogens is 302 g/mol. The zero-order valence-corrected chi connectivity index (χ0v) is 15.4. The molecule has 0 bridgehead atoms. The van der Waals surface area contributed by atoms with Gasteiger partial charge in [0.25, 0.3) is 0 Å². The maximum atomic E-state index is 12.6. The minimum absolute atomic E-state index is 0.0252. The number of aliphatic hydroxyl groups excluding tert-OH is 3. The number of rotatable bonds is 11. The van der Waals surface area contributed by atoms with Gasteiger partial charge in [0, 0.05) is 10.7 Å². The van der Waals surface area contributed by atoms with E-state index in [0.717, 1.165) is 12.2 Å². The summed E-state index contributed by atoms with van der Waals surface area (Å²) < 4.78 is -0.0252. The van der Waals surface area contributed by atoms with Crippen LogP contribution in [0.4, 0.5) is 0 Å². The van der Waals surface area contributed by atoms with Crippen molar-refractivity contribution in [3.05, 3.63) is 0 Å². The Morgan fingerprint density at radius 2 is 1.64 bits per heavy atom. The molecule has 0 aliphatic heterocycles. The van der Waals surface area contributed by atoms with Crippen molar-refractivity contribution in [2.75, 3.05) is 25.6 Å². The molecule has 0 fully saturated rings. The van der Waals surface area contributed by atoms with Crippen LogP contribution in [0.3, 0.4) is 0 Å². The number of thioether (sulfide) groups is 1. The topological polar surface area (TPSA) is 89.8 Å². The van der Waals surface area contributed by atoms with Crippen LogP contribution >= 0.6 is 11.8 Å². The lowest BCUT2D eigenvalue weighted by Crippen LogP contribution is -2.59. The van der Waals surface area contributed by atoms with Crippen LogP contribution in [-0.2, 0) is 4.79 Å². The van der Waals surface area contributed by atoms with Gasteiger partial charge < -0.3 is 20.6 Å². The molecule has 22 heavy (non-hydrogen) atoms. The highest BCUT2D eigenvalue weighted by molar-refractivity contribution is 8.00. The Hall–Kier alpha value is -0.300. The van der Waals surface area contributed by atoms with Gasteiger partial charge in [-0.15, -0.1) is 0 Å². The first-order valence-electron chi connectivity index (χ1n) is 7.95. The molecule has 0 saturated carbocycles. The van der Waals surface area contributed by atoms with E-state index >= 15 is 0 Å². The molecule has 0 radical (unpaired) electrons. The fraction of sp³-hybridized carbons (Fsp3) is 0.938. The Kier molecular flexibility index (Phi) is 9.62. The average Bonchev–Trinajstić information content (AvgIpc) is 2.48. The number of carbonyl (C=O) groups is 1. The smallest absolute Gasteiger partial charge is 0.224 e. The van der Waals surface area contributed by atoms with Gasteiger partial charge in [0.15, 0.2) is 0 Å². The summed E-state index contributed by atoms with van der Waals surface area (Å²) in [5.41, 5.74) is -1.36. The second kappa shape index (κ2) is 9.75. The number of hydrogen-bond donors (Lipinski definition) is 4. The predicted octanol–water partition coefficient (Wildman–Crippen LogP) is 1.40. The minimum atomic E-state index is -1.36. The Labute approximate surface area is 138 Å². The van der Waals surface area contributed by atoms with Gasteiger partial charge in [-0.05, 0) is 24.5 Å². The van der Waals surface area contributed by atoms with Crippen LogP contribution in [0.25, 0.3) is 0 Å². The molecule has 0 heterocycles. The van der Waals surface area contributed by atoms with Gasteiger partial charge in [0.2, 0.25) is 5.91 Å². The van der Waals surface area contributed by atoms with E-state index in [-0.39, 0.29) is 22.5 Å². The minimum Gasteiger partial charge on any atom is -0.394 e. The number of amides is 1. The highest BCUT2D eigenvalue weighted by atomic mass is 32.2. The van der Waals surface area contributed by atoms with Gasteiger partial charge in [-0.2, -0.15) is 11.8 Å². The van der Waals surface area contributed by atoms with E-state index in [1.165, 1.54) is 0 Å². The first kappa shape index (κ1) is 21.7. The molecule has 0 saturated heterocycles. The summed E-state index contributed by atoms with van der Waals surface area (Å²) >= 11 is 1.85. The van der Waals surface area contributed by atoms with Crippen LogP contribution in [0, 0.1) is 11.8 Å². The van der Waals surface area contributed by atoms with Gasteiger partial charge in [0.05, 0.1) is 19.8 Å². The number of hydrogen-bond acceptors (Lipinski definition) is 5. The third kappa shape index (κ3) is 6.86. The maximum Gasteiger partial charge on any atom is 0.224 e. The quantitative estimate of drug-likeness (QED) is 0.458. The lowest BCUT2D eigenvalue weighted by atomic mass is 9.85.